The van der Waals surface area contributed by atoms with Gasteiger partial charge >= 0.3 is 5.97 Å². The highest BCUT2D eigenvalue weighted by atomic mass is 32.1. The third-order valence-electron chi connectivity index (χ3n) is 4.53. The van der Waals surface area contributed by atoms with Gasteiger partial charge in [-0.2, -0.15) is 5.26 Å². The molecule has 7 heteroatoms. The summed E-state index contributed by atoms with van der Waals surface area (Å²) in [4.78, 5) is 25.7. The van der Waals surface area contributed by atoms with Crippen LogP contribution in [-0.2, 0) is 9.53 Å². The van der Waals surface area contributed by atoms with E-state index in [1.165, 1.54) is 17.4 Å². The van der Waals surface area contributed by atoms with Crippen LogP contribution < -0.4 is 10.1 Å². The van der Waals surface area contributed by atoms with Gasteiger partial charge in [-0.3, -0.25) is 4.79 Å². The van der Waals surface area contributed by atoms with E-state index in [0.717, 1.165) is 5.56 Å². The highest BCUT2D eigenvalue weighted by Gasteiger charge is 2.24. The molecule has 0 radical (unpaired) electrons. The van der Waals surface area contributed by atoms with Crippen LogP contribution >= 0.6 is 11.3 Å². The zero-order valence-electron chi connectivity index (χ0n) is 18.6. The summed E-state index contributed by atoms with van der Waals surface area (Å²) >= 11 is 1.21. The first-order valence-corrected chi connectivity index (χ1v) is 11.3. The lowest BCUT2D eigenvalue weighted by Crippen LogP contribution is -2.16. The minimum absolute atomic E-state index is 0.0615. The molecule has 0 spiro atoms. The Labute approximate surface area is 197 Å². The van der Waals surface area contributed by atoms with Crippen molar-refractivity contribution in [2.75, 3.05) is 11.9 Å². The Hall–Kier alpha value is -3.89. The summed E-state index contributed by atoms with van der Waals surface area (Å²) in [7, 11) is 0. The van der Waals surface area contributed by atoms with Crippen molar-refractivity contribution in [3.05, 3.63) is 76.7 Å². The van der Waals surface area contributed by atoms with Crippen molar-refractivity contribution >= 4 is 34.3 Å². The van der Waals surface area contributed by atoms with Crippen molar-refractivity contribution in [3.63, 3.8) is 0 Å². The molecule has 0 fully saturated rings. The number of thiophene rings is 1. The first kappa shape index (κ1) is 23.8. The molecular weight excluding hydrogens is 436 g/mol. The molecule has 1 aromatic heterocycles. The van der Waals surface area contributed by atoms with Crippen LogP contribution in [-0.4, -0.2) is 24.6 Å². The lowest BCUT2D eigenvalue weighted by molar-refractivity contribution is -0.112. The molecule has 1 heterocycles. The fourth-order valence-corrected chi connectivity index (χ4v) is 4.07. The number of carbonyl (C=O) groups excluding carboxylic acids is 2. The van der Waals surface area contributed by atoms with Crippen molar-refractivity contribution in [2.24, 2.45) is 0 Å². The van der Waals surface area contributed by atoms with E-state index in [1.54, 1.807) is 30.5 Å². The van der Waals surface area contributed by atoms with Crippen LogP contribution in [0.15, 0.2) is 65.6 Å². The highest BCUT2D eigenvalue weighted by molar-refractivity contribution is 7.15. The molecular formula is C26H24N2O4S. The van der Waals surface area contributed by atoms with E-state index in [-0.39, 0.29) is 23.8 Å². The molecule has 33 heavy (non-hydrogen) atoms. The topological polar surface area (TPSA) is 88.4 Å². The monoisotopic (exact) mass is 460 g/mol. The van der Waals surface area contributed by atoms with Crippen LogP contribution in [0.5, 0.6) is 5.75 Å². The molecule has 0 unspecified atom stereocenters. The molecule has 6 nitrogen and oxygen atoms in total. The van der Waals surface area contributed by atoms with Gasteiger partial charge in [-0.25, -0.2) is 4.79 Å². The smallest absolute Gasteiger partial charge is 0.341 e. The van der Waals surface area contributed by atoms with Crippen molar-refractivity contribution in [1.82, 2.24) is 0 Å². The summed E-state index contributed by atoms with van der Waals surface area (Å²) in [6.07, 6.45) is 1.41. The van der Waals surface area contributed by atoms with Gasteiger partial charge in [-0.1, -0.05) is 48.5 Å². The van der Waals surface area contributed by atoms with E-state index >= 15 is 0 Å². The number of nitriles is 1. The van der Waals surface area contributed by atoms with Gasteiger partial charge in [-0.05, 0) is 38.5 Å². The third-order valence-corrected chi connectivity index (χ3v) is 5.42. The average Bonchev–Trinajstić information content (AvgIpc) is 3.22. The zero-order valence-corrected chi connectivity index (χ0v) is 19.4. The molecule has 0 aliphatic carbocycles. The standard InChI is InChI=1S/C26H24N2O4S/c1-4-31-26(30)23-21(18-10-6-5-7-11-18)16-33-25(23)28-24(29)20(15-27)14-19-12-8-9-13-22(19)32-17(2)3/h5-14,16-17H,4H2,1-3H3,(H,28,29)/b20-14+. The predicted molar refractivity (Wildman–Crippen MR) is 130 cm³/mol. The van der Waals surface area contributed by atoms with Gasteiger partial charge in [-0.15, -0.1) is 11.3 Å². The number of hydrogen-bond acceptors (Lipinski definition) is 6. The van der Waals surface area contributed by atoms with Gasteiger partial charge in [0.05, 0.1) is 12.7 Å². The summed E-state index contributed by atoms with van der Waals surface area (Å²) < 4.78 is 11.0. The van der Waals surface area contributed by atoms with Crippen LogP contribution in [0.3, 0.4) is 0 Å². The summed E-state index contributed by atoms with van der Waals surface area (Å²) in [5, 5.41) is 14.5. The Morgan fingerprint density at radius 1 is 1.12 bits per heavy atom. The minimum Gasteiger partial charge on any atom is -0.490 e. The molecule has 1 N–H and O–H groups in total. The number of carbonyl (C=O) groups is 2. The van der Waals surface area contributed by atoms with Crippen LogP contribution in [0.2, 0.25) is 0 Å². The van der Waals surface area contributed by atoms with Crippen molar-refractivity contribution in [3.8, 4) is 22.9 Å². The lowest BCUT2D eigenvalue weighted by Gasteiger charge is -2.12. The van der Waals surface area contributed by atoms with Crippen LogP contribution in [0, 0.1) is 11.3 Å². The van der Waals surface area contributed by atoms with Crippen molar-refractivity contribution < 1.29 is 19.1 Å². The first-order chi connectivity index (χ1) is 15.9. The van der Waals surface area contributed by atoms with Gasteiger partial charge in [0, 0.05) is 16.5 Å². The second-order valence-electron chi connectivity index (χ2n) is 7.27. The molecule has 3 aromatic rings. The quantitative estimate of drug-likeness (QED) is 0.256. The summed E-state index contributed by atoms with van der Waals surface area (Å²) in [5.74, 6) is -0.585. The van der Waals surface area contributed by atoms with Crippen molar-refractivity contribution in [1.29, 1.82) is 5.26 Å². The zero-order chi connectivity index (χ0) is 23.8. The van der Waals surface area contributed by atoms with Gasteiger partial charge in [0.2, 0.25) is 0 Å². The molecule has 0 saturated carbocycles. The number of benzene rings is 2. The number of para-hydroxylation sites is 1. The third kappa shape index (κ3) is 5.88. The molecule has 3 rings (SSSR count). The molecule has 0 aliphatic rings. The van der Waals surface area contributed by atoms with E-state index in [9.17, 15) is 14.9 Å². The van der Waals surface area contributed by atoms with Crippen LogP contribution in [0.4, 0.5) is 5.00 Å². The number of ether oxygens (including phenoxy) is 2. The molecule has 0 atom stereocenters. The number of hydrogen-bond donors (Lipinski definition) is 1. The summed E-state index contributed by atoms with van der Waals surface area (Å²) in [6, 6.07) is 18.5. The van der Waals surface area contributed by atoms with Crippen LogP contribution in [0.1, 0.15) is 36.7 Å². The number of amides is 1. The second-order valence-corrected chi connectivity index (χ2v) is 8.15. The Kier molecular flexibility index (Phi) is 8.01. The molecule has 0 bridgehead atoms. The van der Waals surface area contributed by atoms with Gasteiger partial charge in [0.1, 0.15) is 28.0 Å². The fourth-order valence-electron chi connectivity index (χ4n) is 3.12. The van der Waals surface area contributed by atoms with E-state index in [2.05, 4.69) is 5.32 Å². The second kappa shape index (κ2) is 11.1. The number of esters is 1. The van der Waals surface area contributed by atoms with E-state index in [4.69, 9.17) is 9.47 Å². The van der Waals surface area contributed by atoms with Gasteiger partial charge in [0.15, 0.2) is 0 Å². The molecule has 0 aliphatic heterocycles. The molecule has 168 valence electrons. The minimum atomic E-state index is -0.621. The Morgan fingerprint density at radius 3 is 2.48 bits per heavy atom. The lowest BCUT2D eigenvalue weighted by atomic mass is 10.0. The first-order valence-electron chi connectivity index (χ1n) is 10.5. The van der Waals surface area contributed by atoms with Gasteiger partial charge < -0.3 is 14.8 Å². The number of nitrogens with one attached hydrogen (secondary N) is 1. The highest BCUT2D eigenvalue weighted by Crippen LogP contribution is 2.36. The number of rotatable bonds is 8. The largest absolute Gasteiger partial charge is 0.490 e. The van der Waals surface area contributed by atoms with Crippen LogP contribution in [0.25, 0.3) is 17.2 Å². The predicted octanol–water partition coefficient (Wildman–Crippen LogP) is 5.92. The maximum Gasteiger partial charge on any atom is 0.341 e. The summed E-state index contributed by atoms with van der Waals surface area (Å²) in [6.45, 7) is 5.72. The van der Waals surface area contributed by atoms with Gasteiger partial charge in [0.25, 0.3) is 5.91 Å². The Morgan fingerprint density at radius 2 is 1.82 bits per heavy atom. The number of nitrogens with zero attached hydrogens (tertiary/aromatic N) is 1. The maximum absolute atomic E-state index is 13.0. The Balaban J connectivity index is 1.95. The van der Waals surface area contributed by atoms with E-state index in [0.29, 0.717) is 21.9 Å². The average molecular weight is 461 g/mol. The maximum atomic E-state index is 13.0. The molecule has 0 saturated heterocycles. The number of anilines is 1. The molecule has 2 aromatic carbocycles. The van der Waals surface area contributed by atoms with E-state index in [1.807, 2.05) is 56.3 Å². The summed E-state index contributed by atoms with van der Waals surface area (Å²) in [5.41, 5.74) is 2.25. The van der Waals surface area contributed by atoms with E-state index < -0.39 is 11.9 Å². The SMILES string of the molecule is CCOC(=O)c1c(-c2ccccc2)csc1NC(=O)/C(C#N)=C/c1ccccc1OC(C)C. The fraction of sp³-hybridized carbons (Fsp3) is 0.192. The van der Waals surface area contributed by atoms with Crippen molar-refractivity contribution in [2.45, 2.75) is 26.9 Å². The Bertz CT molecular complexity index is 1210. The normalized spacial score (nSPS) is 11.1. The molecule has 1 amide bonds.